The van der Waals surface area contributed by atoms with Crippen molar-refractivity contribution >= 4 is 5.65 Å². The first kappa shape index (κ1) is 14.2. The van der Waals surface area contributed by atoms with E-state index in [1.54, 1.807) is 26.4 Å². The van der Waals surface area contributed by atoms with Gasteiger partial charge in [0.15, 0.2) is 5.65 Å². The Kier molecular flexibility index (Phi) is 3.56. The molecule has 2 aromatic heterocycles. The van der Waals surface area contributed by atoms with Crippen LogP contribution in [0.25, 0.3) is 16.9 Å². The molecule has 7 nitrogen and oxygen atoms in total. The number of nitrogens with one attached hydrogen (secondary N) is 1. The van der Waals surface area contributed by atoms with Crippen molar-refractivity contribution in [2.24, 2.45) is 5.73 Å². The number of nitrogens with zero attached hydrogens (tertiary/aromatic N) is 2. The standard InChI is InChI=1S/C15H16N4O3/c1-21-11-3-9(4-12(6-11)22-2)13-7-14-17-10(8-16)5-15(20)19(14)18-13/h3-7,18H,8,16H2,1-2H3. The monoisotopic (exact) mass is 300 g/mol. The molecule has 0 radical (unpaired) electrons. The first-order chi connectivity index (χ1) is 10.6. The summed E-state index contributed by atoms with van der Waals surface area (Å²) >= 11 is 0. The molecule has 0 aliphatic rings. The number of methoxy groups -OCH3 is 2. The van der Waals surface area contributed by atoms with E-state index in [9.17, 15) is 4.79 Å². The van der Waals surface area contributed by atoms with Crippen LogP contribution in [0.5, 0.6) is 11.5 Å². The van der Waals surface area contributed by atoms with Crippen molar-refractivity contribution in [2.75, 3.05) is 14.2 Å². The minimum Gasteiger partial charge on any atom is -0.497 e. The van der Waals surface area contributed by atoms with Crippen molar-refractivity contribution < 1.29 is 9.47 Å². The van der Waals surface area contributed by atoms with Crippen LogP contribution in [0.1, 0.15) is 5.69 Å². The lowest BCUT2D eigenvalue weighted by Crippen LogP contribution is -2.16. The largest absolute Gasteiger partial charge is 0.497 e. The first-order valence-electron chi connectivity index (χ1n) is 6.70. The molecular weight excluding hydrogens is 284 g/mol. The second kappa shape index (κ2) is 5.53. The van der Waals surface area contributed by atoms with E-state index in [-0.39, 0.29) is 12.1 Å². The predicted octanol–water partition coefficient (Wildman–Crippen LogP) is 1.17. The summed E-state index contributed by atoms with van der Waals surface area (Å²) in [6.45, 7) is 0.221. The second-order valence-electron chi connectivity index (χ2n) is 4.75. The van der Waals surface area contributed by atoms with Gasteiger partial charge in [0.05, 0.1) is 25.6 Å². The fourth-order valence-corrected chi connectivity index (χ4v) is 2.26. The van der Waals surface area contributed by atoms with Gasteiger partial charge in [0.2, 0.25) is 0 Å². The Bertz CT molecular complexity index is 860. The highest BCUT2D eigenvalue weighted by atomic mass is 16.5. The quantitative estimate of drug-likeness (QED) is 0.754. The van der Waals surface area contributed by atoms with Gasteiger partial charge >= 0.3 is 0 Å². The van der Waals surface area contributed by atoms with Gasteiger partial charge < -0.3 is 15.2 Å². The van der Waals surface area contributed by atoms with Crippen molar-refractivity contribution in [1.82, 2.24) is 14.6 Å². The molecule has 3 aromatic rings. The lowest BCUT2D eigenvalue weighted by molar-refractivity contribution is 0.394. The highest BCUT2D eigenvalue weighted by Crippen LogP contribution is 2.29. The van der Waals surface area contributed by atoms with Crippen LogP contribution in [0.15, 0.2) is 35.1 Å². The van der Waals surface area contributed by atoms with E-state index in [0.717, 1.165) is 11.3 Å². The van der Waals surface area contributed by atoms with E-state index in [2.05, 4.69) is 10.1 Å². The number of aromatic amines is 1. The molecule has 0 aliphatic carbocycles. The molecular formula is C15H16N4O3. The Labute approximate surface area is 126 Å². The van der Waals surface area contributed by atoms with Gasteiger partial charge in [0, 0.05) is 30.3 Å². The molecule has 0 atom stereocenters. The minimum absolute atomic E-state index is 0.202. The SMILES string of the molecule is COc1cc(OC)cc(-c2cc3nc(CN)cc(=O)n3[nH]2)c1. The third-order valence-electron chi connectivity index (χ3n) is 3.38. The topological polar surface area (TPSA) is 94.6 Å². The summed E-state index contributed by atoms with van der Waals surface area (Å²) < 4.78 is 11.9. The zero-order chi connectivity index (χ0) is 15.7. The number of hydrogen-bond acceptors (Lipinski definition) is 5. The van der Waals surface area contributed by atoms with Crippen LogP contribution < -0.4 is 20.8 Å². The van der Waals surface area contributed by atoms with Crippen molar-refractivity contribution in [3.05, 3.63) is 46.4 Å². The van der Waals surface area contributed by atoms with Gasteiger partial charge in [-0.15, -0.1) is 0 Å². The van der Waals surface area contributed by atoms with Crippen LogP contribution in [-0.2, 0) is 6.54 Å². The number of H-pyrrole nitrogens is 1. The Morgan fingerprint density at radius 1 is 1.14 bits per heavy atom. The predicted molar refractivity (Wildman–Crippen MR) is 82.2 cm³/mol. The maximum Gasteiger partial charge on any atom is 0.272 e. The van der Waals surface area contributed by atoms with E-state index in [1.165, 1.54) is 10.6 Å². The Hall–Kier alpha value is -2.80. The van der Waals surface area contributed by atoms with Crippen LogP contribution in [0.2, 0.25) is 0 Å². The van der Waals surface area contributed by atoms with Crippen LogP contribution in [0.3, 0.4) is 0 Å². The maximum atomic E-state index is 12.0. The van der Waals surface area contributed by atoms with E-state index >= 15 is 0 Å². The van der Waals surface area contributed by atoms with Gasteiger partial charge in [-0.25, -0.2) is 9.50 Å². The van der Waals surface area contributed by atoms with Crippen LogP contribution in [0, 0.1) is 0 Å². The molecule has 3 rings (SSSR count). The molecule has 2 heterocycles. The van der Waals surface area contributed by atoms with Gasteiger partial charge in [-0.2, -0.15) is 0 Å². The van der Waals surface area contributed by atoms with Crippen LogP contribution >= 0.6 is 0 Å². The summed E-state index contributed by atoms with van der Waals surface area (Å²) in [6.07, 6.45) is 0. The Morgan fingerprint density at radius 3 is 2.41 bits per heavy atom. The molecule has 114 valence electrons. The van der Waals surface area contributed by atoms with Gasteiger partial charge in [0.1, 0.15) is 11.5 Å². The lowest BCUT2D eigenvalue weighted by atomic mass is 10.1. The van der Waals surface area contributed by atoms with Crippen LogP contribution in [-0.4, -0.2) is 28.8 Å². The molecule has 0 fully saturated rings. The molecule has 0 spiro atoms. The summed E-state index contributed by atoms with van der Waals surface area (Å²) in [5.74, 6) is 1.33. The molecule has 0 aliphatic heterocycles. The number of ether oxygens (including phenoxy) is 2. The summed E-state index contributed by atoms with van der Waals surface area (Å²) in [7, 11) is 3.17. The van der Waals surface area contributed by atoms with E-state index < -0.39 is 0 Å². The molecule has 0 amide bonds. The summed E-state index contributed by atoms with van der Waals surface area (Å²) in [6, 6.07) is 8.68. The summed E-state index contributed by atoms with van der Waals surface area (Å²) in [4.78, 5) is 16.4. The Balaban J connectivity index is 2.18. The normalized spacial score (nSPS) is 10.9. The molecule has 0 saturated carbocycles. The smallest absolute Gasteiger partial charge is 0.272 e. The van der Waals surface area contributed by atoms with Crippen LogP contribution in [0.4, 0.5) is 0 Å². The van der Waals surface area contributed by atoms with Crippen molar-refractivity contribution in [3.63, 3.8) is 0 Å². The van der Waals surface area contributed by atoms with Gasteiger partial charge in [-0.3, -0.25) is 9.89 Å². The number of hydrogen-bond donors (Lipinski definition) is 2. The molecule has 1 aromatic carbocycles. The van der Waals surface area contributed by atoms with Gasteiger partial charge in [-0.1, -0.05) is 0 Å². The molecule has 0 bridgehead atoms. The average Bonchev–Trinajstić information content (AvgIpc) is 2.98. The number of aromatic nitrogens is 3. The molecule has 0 saturated heterocycles. The fourth-order valence-electron chi connectivity index (χ4n) is 2.26. The highest BCUT2D eigenvalue weighted by molar-refractivity contribution is 5.67. The maximum absolute atomic E-state index is 12.0. The first-order valence-corrected chi connectivity index (χ1v) is 6.70. The fraction of sp³-hybridized carbons (Fsp3) is 0.200. The number of rotatable bonds is 4. The number of nitrogens with two attached hydrogens (primary N) is 1. The molecule has 3 N–H and O–H groups in total. The highest BCUT2D eigenvalue weighted by Gasteiger charge is 2.10. The van der Waals surface area contributed by atoms with E-state index in [0.29, 0.717) is 22.8 Å². The van der Waals surface area contributed by atoms with E-state index in [1.807, 2.05) is 12.1 Å². The van der Waals surface area contributed by atoms with Crippen molar-refractivity contribution in [3.8, 4) is 22.8 Å². The zero-order valence-electron chi connectivity index (χ0n) is 12.3. The summed E-state index contributed by atoms with van der Waals surface area (Å²) in [5.41, 5.74) is 7.98. The average molecular weight is 300 g/mol. The van der Waals surface area contributed by atoms with Gasteiger partial charge in [0.25, 0.3) is 5.56 Å². The number of benzene rings is 1. The van der Waals surface area contributed by atoms with E-state index in [4.69, 9.17) is 15.2 Å². The lowest BCUT2D eigenvalue weighted by Gasteiger charge is -2.06. The molecule has 7 heteroatoms. The van der Waals surface area contributed by atoms with Gasteiger partial charge in [-0.05, 0) is 12.1 Å². The van der Waals surface area contributed by atoms with Crippen molar-refractivity contribution in [2.45, 2.75) is 6.54 Å². The zero-order valence-corrected chi connectivity index (χ0v) is 12.3. The van der Waals surface area contributed by atoms with Crippen molar-refractivity contribution in [1.29, 1.82) is 0 Å². The molecule has 0 unspecified atom stereocenters. The summed E-state index contributed by atoms with van der Waals surface area (Å²) in [5, 5.41) is 3.02. The minimum atomic E-state index is -0.202. The second-order valence-corrected chi connectivity index (χ2v) is 4.75. The third-order valence-corrected chi connectivity index (χ3v) is 3.38. The molecule has 22 heavy (non-hydrogen) atoms. The Morgan fingerprint density at radius 2 is 1.82 bits per heavy atom. The number of fused-ring (bicyclic) bond motifs is 1. The third kappa shape index (κ3) is 2.42.